The molecule has 0 spiro atoms. The van der Waals surface area contributed by atoms with Crippen molar-refractivity contribution in [2.45, 2.75) is 6.42 Å². The van der Waals surface area contributed by atoms with E-state index in [1.807, 2.05) is 17.0 Å². The summed E-state index contributed by atoms with van der Waals surface area (Å²) in [6, 6.07) is 5.46. The number of rotatable bonds is 3. The largest absolute Gasteiger partial charge is 0.496 e. The Morgan fingerprint density at radius 1 is 1.61 bits per heavy atom. The highest BCUT2D eigenvalue weighted by molar-refractivity contribution is 9.10. The maximum Gasteiger partial charge on any atom is 0.257 e. The van der Waals surface area contributed by atoms with Gasteiger partial charge < -0.3 is 15.4 Å². The third-order valence-electron chi connectivity index (χ3n) is 3.30. The van der Waals surface area contributed by atoms with Gasteiger partial charge in [0.2, 0.25) is 0 Å². The van der Waals surface area contributed by atoms with Gasteiger partial charge in [-0.05, 0) is 37.1 Å². The van der Waals surface area contributed by atoms with Crippen LogP contribution in [0.15, 0.2) is 22.7 Å². The SMILES string of the molecule is COc1cc(Br)ccc1C(=O)N1CCC(CN)C1. The maximum atomic E-state index is 12.4. The van der Waals surface area contributed by atoms with Crippen LogP contribution in [0.25, 0.3) is 0 Å². The monoisotopic (exact) mass is 312 g/mol. The Bertz CT molecular complexity index is 451. The third kappa shape index (κ3) is 2.67. The second-order valence-corrected chi connectivity index (χ2v) is 5.40. The summed E-state index contributed by atoms with van der Waals surface area (Å²) < 4.78 is 6.16. The van der Waals surface area contributed by atoms with E-state index in [1.165, 1.54) is 0 Å². The Morgan fingerprint density at radius 2 is 2.39 bits per heavy atom. The molecule has 0 radical (unpaired) electrons. The fraction of sp³-hybridized carbons (Fsp3) is 0.462. The first kappa shape index (κ1) is 13.4. The summed E-state index contributed by atoms with van der Waals surface area (Å²) in [4.78, 5) is 14.2. The van der Waals surface area contributed by atoms with E-state index in [2.05, 4.69) is 15.9 Å². The zero-order valence-corrected chi connectivity index (χ0v) is 11.9. The molecule has 1 fully saturated rings. The quantitative estimate of drug-likeness (QED) is 0.927. The van der Waals surface area contributed by atoms with Crippen LogP contribution in [-0.2, 0) is 0 Å². The van der Waals surface area contributed by atoms with E-state index in [4.69, 9.17) is 10.5 Å². The number of nitrogens with two attached hydrogens (primary N) is 1. The van der Waals surface area contributed by atoms with E-state index >= 15 is 0 Å². The average molecular weight is 313 g/mol. The third-order valence-corrected chi connectivity index (χ3v) is 3.79. The van der Waals surface area contributed by atoms with Gasteiger partial charge in [-0.2, -0.15) is 0 Å². The highest BCUT2D eigenvalue weighted by Gasteiger charge is 2.27. The van der Waals surface area contributed by atoms with E-state index in [-0.39, 0.29) is 5.91 Å². The van der Waals surface area contributed by atoms with E-state index in [1.54, 1.807) is 13.2 Å². The Kier molecular flexibility index (Phi) is 4.24. The molecule has 0 aliphatic carbocycles. The van der Waals surface area contributed by atoms with Crippen molar-refractivity contribution in [1.29, 1.82) is 0 Å². The molecule has 1 aliphatic rings. The second kappa shape index (κ2) is 5.71. The van der Waals surface area contributed by atoms with Crippen LogP contribution in [0.5, 0.6) is 5.75 Å². The van der Waals surface area contributed by atoms with E-state index < -0.39 is 0 Å². The molecule has 0 saturated carbocycles. The molecule has 1 heterocycles. The minimum absolute atomic E-state index is 0.0234. The molecule has 0 bridgehead atoms. The lowest BCUT2D eigenvalue weighted by molar-refractivity contribution is 0.0784. The van der Waals surface area contributed by atoms with Gasteiger partial charge in [0.05, 0.1) is 12.7 Å². The molecule has 1 unspecified atom stereocenters. The molecule has 2 N–H and O–H groups in total. The molecule has 18 heavy (non-hydrogen) atoms. The summed E-state index contributed by atoms with van der Waals surface area (Å²) in [5.74, 6) is 1.05. The van der Waals surface area contributed by atoms with Crippen molar-refractivity contribution in [3.63, 3.8) is 0 Å². The van der Waals surface area contributed by atoms with Crippen LogP contribution in [0.4, 0.5) is 0 Å². The first-order valence-electron chi connectivity index (χ1n) is 5.98. The Morgan fingerprint density at radius 3 is 3.00 bits per heavy atom. The fourth-order valence-corrected chi connectivity index (χ4v) is 2.56. The summed E-state index contributed by atoms with van der Waals surface area (Å²) in [6.07, 6.45) is 0.987. The maximum absolute atomic E-state index is 12.4. The lowest BCUT2D eigenvalue weighted by atomic mass is 10.1. The standard InChI is InChI=1S/C13H17BrN2O2/c1-18-12-6-10(14)2-3-11(12)13(17)16-5-4-9(7-15)8-16/h2-3,6,9H,4-5,7-8,15H2,1H3. The number of amides is 1. The van der Waals surface area contributed by atoms with Crippen molar-refractivity contribution in [3.8, 4) is 5.75 Å². The van der Waals surface area contributed by atoms with Crippen LogP contribution in [-0.4, -0.2) is 37.6 Å². The lowest BCUT2D eigenvalue weighted by Gasteiger charge is -2.18. The van der Waals surface area contributed by atoms with Gasteiger partial charge in [-0.25, -0.2) is 0 Å². The Hall–Kier alpha value is -1.07. The normalized spacial score (nSPS) is 19.1. The predicted octanol–water partition coefficient (Wildman–Crippen LogP) is 1.88. The summed E-state index contributed by atoms with van der Waals surface area (Å²) in [6.45, 7) is 2.16. The molecule has 4 nitrogen and oxygen atoms in total. The minimum Gasteiger partial charge on any atom is -0.496 e. The first-order chi connectivity index (χ1) is 8.65. The van der Waals surface area contributed by atoms with Gasteiger partial charge >= 0.3 is 0 Å². The molecule has 1 atom stereocenters. The molecule has 1 amide bonds. The van der Waals surface area contributed by atoms with Gasteiger partial charge in [0, 0.05) is 17.6 Å². The molecule has 1 aromatic carbocycles. The highest BCUT2D eigenvalue weighted by atomic mass is 79.9. The first-order valence-corrected chi connectivity index (χ1v) is 6.78. The van der Waals surface area contributed by atoms with Crippen LogP contribution in [0.1, 0.15) is 16.8 Å². The van der Waals surface area contributed by atoms with Crippen LogP contribution < -0.4 is 10.5 Å². The van der Waals surface area contributed by atoms with E-state index in [0.29, 0.717) is 23.8 Å². The van der Waals surface area contributed by atoms with E-state index in [0.717, 1.165) is 24.0 Å². The number of benzene rings is 1. The number of hydrogen-bond donors (Lipinski definition) is 1. The summed E-state index contributed by atoms with van der Waals surface area (Å²) in [7, 11) is 1.57. The molecular formula is C13H17BrN2O2. The number of halogens is 1. The summed E-state index contributed by atoms with van der Waals surface area (Å²) in [5, 5.41) is 0. The average Bonchev–Trinajstić information content (AvgIpc) is 2.86. The zero-order chi connectivity index (χ0) is 13.1. The molecular weight excluding hydrogens is 296 g/mol. The van der Waals surface area contributed by atoms with Crippen molar-refractivity contribution in [1.82, 2.24) is 4.90 Å². The van der Waals surface area contributed by atoms with Gasteiger partial charge in [0.1, 0.15) is 5.75 Å². The van der Waals surface area contributed by atoms with Gasteiger partial charge in [-0.1, -0.05) is 15.9 Å². The number of methoxy groups -OCH3 is 1. The molecule has 5 heteroatoms. The molecule has 2 rings (SSSR count). The number of hydrogen-bond acceptors (Lipinski definition) is 3. The van der Waals surface area contributed by atoms with Crippen molar-refractivity contribution in [2.24, 2.45) is 11.7 Å². The van der Waals surface area contributed by atoms with Crippen molar-refractivity contribution < 1.29 is 9.53 Å². The van der Waals surface area contributed by atoms with Crippen LogP contribution >= 0.6 is 15.9 Å². The number of nitrogens with zero attached hydrogens (tertiary/aromatic N) is 1. The number of likely N-dealkylation sites (tertiary alicyclic amines) is 1. The van der Waals surface area contributed by atoms with Crippen molar-refractivity contribution in [3.05, 3.63) is 28.2 Å². The predicted molar refractivity (Wildman–Crippen MR) is 73.8 cm³/mol. The molecule has 1 aromatic rings. The second-order valence-electron chi connectivity index (χ2n) is 4.49. The number of carbonyl (C=O) groups excluding carboxylic acids is 1. The smallest absolute Gasteiger partial charge is 0.257 e. The van der Waals surface area contributed by atoms with Crippen LogP contribution in [0.3, 0.4) is 0 Å². The molecule has 1 aliphatic heterocycles. The zero-order valence-electron chi connectivity index (χ0n) is 10.4. The number of carbonyl (C=O) groups is 1. The summed E-state index contributed by atoms with van der Waals surface area (Å²) >= 11 is 3.37. The fourth-order valence-electron chi connectivity index (χ4n) is 2.22. The van der Waals surface area contributed by atoms with E-state index in [9.17, 15) is 4.79 Å². The van der Waals surface area contributed by atoms with Crippen LogP contribution in [0, 0.1) is 5.92 Å². The highest BCUT2D eigenvalue weighted by Crippen LogP contribution is 2.26. The van der Waals surface area contributed by atoms with Crippen LogP contribution in [0.2, 0.25) is 0 Å². The van der Waals surface area contributed by atoms with Gasteiger partial charge in [0.25, 0.3) is 5.91 Å². The lowest BCUT2D eigenvalue weighted by Crippen LogP contribution is -2.30. The Balaban J connectivity index is 2.19. The van der Waals surface area contributed by atoms with Crippen molar-refractivity contribution >= 4 is 21.8 Å². The van der Waals surface area contributed by atoms with Gasteiger partial charge in [-0.3, -0.25) is 4.79 Å². The summed E-state index contributed by atoms with van der Waals surface area (Å²) in [5.41, 5.74) is 6.25. The molecule has 1 saturated heterocycles. The minimum atomic E-state index is 0.0234. The Labute approximate surface area is 115 Å². The van der Waals surface area contributed by atoms with Crippen molar-refractivity contribution in [2.75, 3.05) is 26.7 Å². The van der Waals surface area contributed by atoms with Gasteiger partial charge in [-0.15, -0.1) is 0 Å². The topological polar surface area (TPSA) is 55.6 Å². The molecule has 98 valence electrons. The van der Waals surface area contributed by atoms with Gasteiger partial charge in [0.15, 0.2) is 0 Å². The number of ether oxygens (including phenoxy) is 1. The molecule has 0 aromatic heterocycles.